The molecule has 2 aromatic carbocycles. The van der Waals surface area contributed by atoms with Crippen LogP contribution < -0.4 is 10.7 Å². The Morgan fingerprint density at radius 2 is 2.00 bits per heavy atom. The Hall–Kier alpha value is -2.44. The molecule has 0 unspecified atom stereocenters. The minimum absolute atomic E-state index is 0.483. The van der Waals surface area contributed by atoms with Crippen LogP contribution in [0.15, 0.2) is 47.6 Å². The average molecular weight is 354 g/mol. The van der Waals surface area contributed by atoms with Gasteiger partial charge in [-0.25, -0.2) is 0 Å². The van der Waals surface area contributed by atoms with Gasteiger partial charge >= 0.3 is 0 Å². The van der Waals surface area contributed by atoms with Gasteiger partial charge in [-0.15, -0.1) is 0 Å². The van der Waals surface area contributed by atoms with E-state index in [0.29, 0.717) is 18.3 Å². The zero-order chi connectivity index (χ0) is 17.6. The molecule has 0 saturated carbocycles. The van der Waals surface area contributed by atoms with Crippen molar-refractivity contribution < 1.29 is 4.74 Å². The van der Waals surface area contributed by atoms with Crippen molar-refractivity contribution in [3.63, 3.8) is 0 Å². The van der Waals surface area contributed by atoms with Gasteiger partial charge in [0.05, 0.1) is 12.8 Å². The molecule has 0 spiro atoms. The molecular weight excluding hydrogens is 332 g/mol. The van der Waals surface area contributed by atoms with Crippen LogP contribution >= 0.6 is 12.2 Å². The summed E-state index contributed by atoms with van der Waals surface area (Å²) in [6.07, 6.45) is 1.78. The fourth-order valence-corrected chi connectivity index (χ4v) is 3.12. The number of aromatic nitrogens is 1. The number of benzene rings is 2. The Balaban J connectivity index is 1.81. The number of methoxy groups -OCH3 is 1. The lowest BCUT2D eigenvalue weighted by molar-refractivity contribution is 0.204. The molecule has 0 bridgehead atoms. The third kappa shape index (κ3) is 3.81. The third-order valence-electron chi connectivity index (χ3n) is 4.08. The predicted octanol–water partition coefficient (Wildman–Crippen LogP) is 3.26. The lowest BCUT2D eigenvalue weighted by Crippen LogP contribution is -2.34. The number of ether oxygens (including phenoxy) is 1. The van der Waals surface area contributed by atoms with Crippen LogP contribution in [0, 0.1) is 0 Å². The summed E-state index contributed by atoms with van der Waals surface area (Å²) in [5.41, 5.74) is 6.35. The number of thiocarbonyl (C=S) groups is 1. The molecule has 3 rings (SSSR count). The molecule has 0 fully saturated rings. The van der Waals surface area contributed by atoms with Gasteiger partial charge in [-0.05, 0) is 42.9 Å². The molecule has 0 atom stereocenters. The number of fused-ring (bicyclic) bond motifs is 3. The van der Waals surface area contributed by atoms with Crippen LogP contribution in [0.3, 0.4) is 0 Å². The van der Waals surface area contributed by atoms with Gasteiger partial charge in [0.2, 0.25) is 0 Å². The van der Waals surface area contributed by atoms with E-state index in [2.05, 4.69) is 69.8 Å². The van der Waals surface area contributed by atoms with Crippen LogP contribution in [0.2, 0.25) is 0 Å². The highest BCUT2D eigenvalue weighted by molar-refractivity contribution is 7.80. The van der Waals surface area contributed by atoms with E-state index in [1.807, 2.05) is 0 Å². The molecule has 0 aliphatic rings. The molecule has 25 heavy (non-hydrogen) atoms. The first-order valence-corrected chi connectivity index (χ1v) is 8.72. The van der Waals surface area contributed by atoms with Crippen LogP contribution in [0.5, 0.6) is 0 Å². The van der Waals surface area contributed by atoms with Crippen LogP contribution in [-0.4, -0.2) is 36.2 Å². The third-order valence-corrected chi connectivity index (χ3v) is 4.32. The number of rotatable bonds is 6. The van der Waals surface area contributed by atoms with Crippen LogP contribution in [0.4, 0.5) is 0 Å². The second-order valence-corrected chi connectivity index (χ2v) is 6.06. The van der Waals surface area contributed by atoms with Crippen molar-refractivity contribution in [3.05, 3.63) is 48.0 Å². The maximum Gasteiger partial charge on any atom is 0.187 e. The van der Waals surface area contributed by atoms with E-state index < -0.39 is 0 Å². The highest BCUT2D eigenvalue weighted by atomic mass is 32.1. The van der Waals surface area contributed by atoms with Crippen LogP contribution in [0.25, 0.3) is 21.8 Å². The average Bonchev–Trinajstić information content (AvgIpc) is 2.95. The van der Waals surface area contributed by atoms with Crippen molar-refractivity contribution in [2.45, 2.75) is 13.5 Å². The summed E-state index contributed by atoms with van der Waals surface area (Å²) < 4.78 is 7.29. The fraction of sp³-hybridized carbons (Fsp3) is 0.263. The topological polar surface area (TPSA) is 50.6 Å². The number of hydrogen-bond donors (Lipinski definition) is 2. The molecule has 1 heterocycles. The van der Waals surface area contributed by atoms with Gasteiger partial charge in [0, 0.05) is 42.0 Å². The molecule has 0 aliphatic carbocycles. The Morgan fingerprint density at radius 1 is 1.20 bits per heavy atom. The highest BCUT2D eigenvalue weighted by Crippen LogP contribution is 2.29. The Morgan fingerprint density at radius 3 is 2.80 bits per heavy atom. The van der Waals surface area contributed by atoms with Crippen molar-refractivity contribution in [2.24, 2.45) is 5.10 Å². The molecule has 0 saturated heterocycles. The van der Waals surface area contributed by atoms with Crippen molar-refractivity contribution in [3.8, 4) is 0 Å². The SMILES string of the molecule is CCn1c2ccccc2c2cc(/C=N\NC(=S)NCCOC)ccc21. The summed E-state index contributed by atoms with van der Waals surface area (Å²) in [7, 11) is 1.65. The lowest BCUT2D eigenvalue weighted by atomic mass is 10.1. The standard InChI is InChI=1S/C19H22N4OS/c1-3-23-17-7-5-4-6-15(17)16-12-14(8-9-18(16)23)13-21-22-19(25)20-10-11-24-2/h4-9,12-13H,3,10-11H2,1-2H3,(H2,20,22,25)/b21-13-. The maximum absolute atomic E-state index is 5.15. The number of aryl methyl sites for hydroxylation is 1. The molecule has 0 radical (unpaired) electrons. The Labute approximate surface area is 152 Å². The molecule has 3 aromatic rings. The molecule has 5 nitrogen and oxygen atoms in total. The molecule has 0 aliphatic heterocycles. The summed E-state index contributed by atoms with van der Waals surface area (Å²) in [6.45, 7) is 4.37. The summed E-state index contributed by atoms with van der Waals surface area (Å²) in [6, 6.07) is 14.9. The Kier molecular flexibility index (Phi) is 5.63. The molecule has 0 amide bonds. The van der Waals surface area contributed by atoms with Gasteiger partial charge in [-0.1, -0.05) is 24.3 Å². The molecular formula is C19H22N4OS. The smallest absolute Gasteiger partial charge is 0.187 e. The quantitative estimate of drug-likeness (QED) is 0.309. The number of hydrogen-bond acceptors (Lipinski definition) is 3. The minimum atomic E-state index is 0.483. The van der Waals surface area contributed by atoms with Gasteiger partial charge in [0.25, 0.3) is 0 Å². The van der Waals surface area contributed by atoms with E-state index in [4.69, 9.17) is 17.0 Å². The minimum Gasteiger partial charge on any atom is -0.383 e. The summed E-state index contributed by atoms with van der Waals surface area (Å²) in [4.78, 5) is 0. The van der Waals surface area contributed by atoms with Gasteiger partial charge in [-0.2, -0.15) is 5.10 Å². The molecule has 130 valence electrons. The van der Waals surface area contributed by atoms with Crippen molar-refractivity contribution in [1.29, 1.82) is 0 Å². The lowest BCUT2D eigenvalue weighted by Gasteiger charge is -2.05. The van der Waals surface area contributed by atoms with Crippen molar-refractivity contribution in [2.75, 3.05) is 20.3 Å². The number of hydrazone groups is 1. The number of nitrogens with one attached hydrogen (secondary N) is 2. The monoisotopic (exact) mass is 354 g/mol. The van der Waals surface area contributed by atoms with Crippen LogP contribution in [-0.2, 0) is 11.3 Å². The largest absolute Gasteiger partial charge is 0.383 e. The highest BCUT2D eigenvalue weighted by Gasteiger charge is 2.08. The van der Waals surface area contributed by atoms with Gasteiger partial charge in [0.1, 0.15) is 0 Å². The van der Waals surface area contributed by atoms with E-state index in [1.165, 1.54) is 21.8 Å². The first-order chi connectivity index (χ1) is 12.2. The van der Waals surface area contributed by atoms with E-state index in [-0.39, 0.29) is 0 Å². The zero-order valence-corrected chi connectivity index (χ0v) is 15.3. The predicted molar refractivity (Wildman–Crippen MR) is 108 cm³/mol. The van der Waals surface area contributed by atoms with Crippen molar-refractivity contribution in [1.82, 2.24) is 15.3 Å². The first-order valence-electron chi connectivity index (χ1n) is 8.31. The summed E-state index contributed by atoms with van der Waals surface area (Å²) in [5.74, 6) is 0. The van der Waals surface area contributed by atoms with E-state index in [1.54, 1.807) is 13.3 Å². The number of para-hydroxylation sites is 1. The maximum atomic E-state index is 5.15. The van der Waals surface area contributed by atoms with E-state index >= 15 is 0 Å². The van der Waals surface area contributed by atoms with Crippen molar-refractivity contribution >= 4 is 45.4 Å². The van der Waals surface area contributed by atoms with E-state index in [9.17, 15) is 0 Å². The number of nitrogens with zero attached hydrogens (tertiary/aromatic N) is 2. The van der Waals surface area contributed by atoms with Gasteiger partial charge < -0.3 is 14.6 Å². The second kappa shape index (κ2) is 8.09. The summed E-state index contributed by atoms with van der Waals surface area (Å²) in [5, 5.41) is 10.2. The second-order valence-electron chi connectivity index (χ2n) is 5.66. The normalized spacial score (nSPS) is 11.4. The Bertz CT molecular complexity index is 916. The van der Waals surface area contributed by atoms with Gasteiger partial charge in [-0.3, -0.25) is 5.43 Å². The van der Waals surface area contributed by atoms with Crippen LogP contribution in [0.1, 0.15) is 12.5 Å². The zero-order valence-electron chi connectivity index (χ0n) is 14.5. The first kappa shape index (κ1) is 17.4. The summed E-state index contributed by atoms with van der Waals surface area (Å²) >= 11 is 5.15. The van der Waals surface area contributed by atoms with E-state index in [0.717, 1.165) is 12.1 Å². The molecule has 2 N–H and O–H groups in total. The molecule has 6 heteroatoms. The molecule has 1 aromatic heterocycles. The van der Waals surface area contributed by atoms with Gasteiger partial charge in [0.15, 0.2) is 5.11 Å². The fourth-order valence-electron chi connectivity index (χ4n) is 2.96.